The van der Waals surface area contributed by atoms with Crippen LogP contribution in [0.2, 0.25) is 0 Å². The van der Waals surface area contributed by atoms with Gasteiger partial charge >= 0.3 is 6.43 Å². The number of carbonyl (C=O) groups excluding carboxylic acids is 1. The molecule has 0 aliphatic carbocycles. The van der Waals surface area contributed by atoms with Crippen LogP contribution in [0.5, 0.6) is 0 Å². The number of carbonyl (C=O) groups is 1. The van der Waals surface area contributed by atoms with Crippen LogP contribution in [0.1, 0.15) is 19.2 Å². The molecule has 1 N–H and O–H groups in total. The first-order chi connectivity index (χ1) is 8.56. The molecule has 0 fully saturated rings. The summed E-state index contributed by atoms with van der Waals surface area (Å²) in [6, 6.07) is 3.03. The third-order valence-corrected chi connectivity index (χ3v) is 1.94. The second-order valence-electron chi connectivity index (χ2n) is 3.36. The Hall–Kier alpha value is -2.38. The van der Waals surface area contributed by atoms with E-state index >= 15 is 0 Å². The number of nitrogens with one attached hydrogen (secondary N) is 1. The predicted molar refractivity (Wildman–Crippen MR) is 56.8 cm³/mol. The Bertz CT molecular complexity index is 553. The summed E-state index contributed by atoms with van der Waals surface area (Å²) in [5, 5.41) is 9.14. The van der Waals surface area contributed by atoms with E-state index in [9.17, 15) is 13.6 Å². The molecule has 0 spiro atoms. The van der Waals surface area contributed by atoms with Crippen LogP contribution in [-0.2, 0) is 4.79 Å². The zero-order valence-electron chi connectivity index (χ0n) is 9.22. The molecule has 2 aromatic heterocycles. The summed E-state index contributed by atoms with van der Waals surface area (Å²) in [4.78, 5) is 14.7. The summed E-state index contributed by atoms with van der Waals surface area (Å²) < 4.78 is 29.2. The summed E-state index contributed by atoms with van der Waals surface area (Å²) in [6.07, 6.45) is -1.47. The lowest BCUT2D eigenvalue weighted by Crippen LogP contribution is -2.06. The lowest BCUT2D eigenvalue weighted by Gasteiger charge is -2.00. The van der Waals surface area contributed by atoms with E-state index in [1.807, 2.05) is 0 Å². The first-order valence-electron chi connectivity index (χ1n) is 4.92. The standard InChI is InChI=1S/C10H8F2N4O2/c1-5(17)14-7-3-2-6(4-13-7)9-15-16-10(18-9)8(11)12/h2-4,8H,1H3,(H,13,14,17). The molecule has 1 amide bonds. The van der Waals surface area contributed by atoms with E-state index in [2.05, 4.69) is 20.5 Å². The molecule has 8 heteroatoms. The molecule has 18 heavy (non-hydrogen) atoms. The van der Waals surface area contributed by atoms with Gasteiger partial charge in [0.2, 0.25) is 11.8 Å². The lowest BCUT2D eigenvalue weighted by molar-refractivity contribution is -0.114. The van der Waals surface area contributed by atoms with E-state index in [0.29, 0.717) is 11.4 Å². The monoisotopic (exact) mass is 254 g/mol. The molecule has 2 aromatic rings. The molecule has 0 saturated carbocycles. The Balaban J connectivity index is 2.20. The normalized spacial score (nSPS) is 10.7. The van der Waals surface area contributed by atoms with Gasteiger partial charge in [0.1, 0.15) is 5.82 Å². The molecule has 0 bridgehead atoms. The minimum absolute atomic E-state index is 0.0489. The van der Waals surface area contributed by atoms with E-state index in [1.165, 1.54) is 25.3 Å². The zero-order valence-corrected chi connectivity index (χ0v) is 9.22. The van der Waals surface area contributed by atoms with Crippen LogP contribution in [0.3, 0.4) is 0 Å². The van der Waals surface area contributed by atoms with E-state index in [-0.39, 0.29) is 11.8 Å². The fourth-order valence-corrected chi connectivity index (χ4v) is 1.21. The Morgan fingerprint density at radius 3 is 2.67 bits per heavy atom. The quantitative estimate of drug-likeness (QED) is 0.906. The van der Waals surface area contributed by atoms with Crippen LogP contribution in [-0.4, -0.2) is 21.1 Å². The van der Waals surface area contributed by atoms with Gasteiger partial charge in [0.25, 0.3) is 5.89 Å². The van der Waals surface area contributed by atoms with Crippen LogP contribution in [0.15, 0.2) is 22.7 Å². The predicted octanol–water partition coefficient (Wildman–Crippen LogP) is 2.03. The van der Waals surface area contributed by atoms with Gasteiger partial charge in [-0.2, -0.15) is 8.78 Å². The number of pyridine rings is 1. The van der Waals surface area contributed by atoms with E-state index in [1.54, 1.807) is 0 Å². The summed E-state index contributed by atoms with van der Waals surface area (Å²) >= 11 is 0. The van der Waals surface area contributed by atoms with Crippen molar-refractivity contribution < 1.29 is 18.0 Å². The molecule has 94 valence electrons. The Labute approximate surface area is 100 Å². The van der Waals surface area contributed by atoms with Gasteiger partial charge in [-0.25, -0.2) is 4.98 Å². The van der Waals surface area contributed by atoms with Gasteiger partial charge in [-0.05, 0) is 12.1 Å². The maximum atomic E-state index is 12.2. The summed E-state index contributed by atoms with van der Waals surface area (Å²) in [6.45, 7) is 1.35. The first-order valence-corrected chi connectivity index (χ1v) is 4.92. The molecule has 6 nitrogen and oxygen atoms in total. The number of anilines is 1. The number of halogens is 2. The van der Waals surface area contributed by atoms with E-state index in [4.69, 9.17) is 4.42 Å². The highest BCUT2D eigenvalue weighted by molar-refractivity contribution is 5.87. The second-order valence-corrected chi connectivity index (χ2v) is 3.36. The third kappa shape index (κ3) is 2.65. The fraction of sp³-hybridized carbons (Fsp3) is 0.200. The lowest BCUT2D eigenvalue weighted by atomic mass is 10.3. The van der Waals surface area contributed by atoms with Crippen molar-refractivity contribution in [1.29, 1.82) is 0 Å². The van der Waals surface area contributed by atoms with E-state index in [0.717, 1.165) is 0 Å². The van der Waals surface area contributed by atoms with Crippen LogP contribution in [0, 0.1) is 0 Å². The van der Waals surface area contributed by atoms with Gasteiger partial charge in [0, 0.05) is 13.1 Å². The molecule has 0 atom stereocenters. The molecule has 0 saturated heterocycles. The smallest absolute Gasteiger partial charge is 0.314 e. The molecule has 2 heterocycles. The minimum Gasteiger partial charge on any atom is -0.415 e. The van der Waals surface area contributed by atoms with Gasteiger partial charge in [0.05, 0.1) is 5.56 Å². The van der Waals surface area contributed by atoms with Crippen molar-refractivity contribution in [3.05, 3.63) is 24.2 Å². The maximum Gasteiger partial charge on any atom is 0.314 e. The number of rotatable bonds is 3. The van der Waals surface area contributed by atoms with Gasteiger partial charge in [-0.15, -0.1) is 10.2 Å². The van der Waals surface area contributed by atoms with Gasteiger partial charge < -0.3 is 9.73 Å². The molecular weight excluding hydrogens is 246 g/mol. The Morgan fingerprint density at radius 2 is 2.17 bits per heavy atom. The fourth-order valence-electron chi connectivity index (χ4n) is 1.21. The van der Waals surface area contributed by atoms with Gasteiger partial charge in [-0.3, -0.25) is 4.79 Å². The highest BCUT2D eigenvalue weighted by Crippen LogP contribution is 2.23. The summed E-state index contributed by atoms with van der Waals surface area (Å²) in [5.74, 6) is -0.698. The highest BCUT2D eigenvalue weighted by Gasteiger charge is 2.17. The topological polar surface area (TPSA) is 80.9 Å². The molecule has 0 unspecified atom stereocenters. The highest BCUT2D eigenvalue weighted by atomic mass is 19.3. The number of amides is 1. The molecule has 2 rings (SSSR count). The number of alkyl halides is 2. The Morgan fingerprint density at radius 1 is 1.39 bits per heavy atom. The average Bonchev–Trinajstić information content (AvgIpc) is 2.78. The van der Waals surface area contributed by atoms with Crippen LogP contribution >= 0.6 is 0 Å². The van der Waals surface area contributed by atoms with Crippen molar-refractivity contribution in [1.82, 2.24) is 15.2 Å². The van der Waals surface area contributed by atoms with Crippen LogP contribution < -0.4 is 5.32 Å². The third-order valence-electron chi connectivity index (χ3n) is 1.94. The largest absolute Gasteiger partial charge is 0.415 e. The Kier molecular flexibility index (Phi) is 3.26. The SMILES string of the molecule is CC(=O)Nc1ccc(-c2nnc(C(F)F)o2)cn1. The summed E-state index contributed by atoms with van der Waals surface area (Å²) in [7, 11) is 0. The maximum absolute atomic E-state index is 12.2. The zero-order chi connectivity index (χ0) is 13.1. The molecule has 0 aromatic carbocycles. The van der Waals surface area contributed by atoms with Crippen molar-refractivity contribution in [2.75, 3.05) is 5.32 Å². The van der Waals surface area contributed by atoms with Crippen molar-refractivity contribution in [3.8, 4) is 11.5 Å². The minimum atomic E-state index is -2.81. The number of hydrogen-bond acceptors (Lipinski definition) is 5. The van der Waals surface area contributed by atoms with Crippen LogP contribution in [0.25, 0.3) is 11.5 Å². The van der Waals surface area contributed by atoms with Gasteiger partial charge in [0.15, 0.2) is 0 Å². The van der Waals surface area contributed by atoms with Crippen molar-refractivity contribution >= 4 is 11.7 Å². The number of hydrogen-bond donors (Lipinski definition) is 1. The molecule has 0 aliphatic heterocycles. The van der Waals surface area contributed by atoms with Gasteiger partial charge in [-0.1, -0.05) is 0 Å². The average molecular weight is 254 g/mol. The van der Waals surface area contributed by atoms with Crippen molar-refractivity contribution in [2.24, 2.45) is 0 Å². The number of aromatic nitrogens is 3. The first kappa shape index (κ1) is 12.1. The molecule has 0 aliphatic rings. The van der Waals surface area contributed by atoms with Crippen LogP contribution in [0.4, 0.5) is 14.6 Å². The van der Waals surface area contributed by atoms with E-state index < -0.39 is 12.3 Å². The number of nitrogens with zero attached hydrogens (tertiary/aromatic N) is 3. The molecular formula is C10H8F2N4O2. The summed E-state index contributed by atoms with van der Waals surface area (Å²) in [5.41, 5.74) is 0.392. The van der Waals surface area contributed by atoms with Crippen molar-refractivity contribution in [3.63, 3.8) is 0 Å². The van der Waals surface area contributed by atoms with Crippen molar-refractivity contribution in [2.45, 2.75) is 13.3 Å². The molecule has 0 radical (unpaired) electrons. The second kappa shape index (κ2) is 4.86.